The van der Waals surface area contributed by atoms with Crippen molar-refractivity contribution in [3.63, 3.8) is 0 Å². The topological polar surface area (TPSA) is 89.0 Å². The second-order valence-corrected chi connectivity index (χ2v) is 9.07. The largest absolute Gasteiger partial charge is 0.507 e. The van der Waals surface area contributed by atoms with Crippen LogP contribution < -0.4 is 9.47 Å². The summed E-state index contributed by atoms with van der Waals surface area (Å²) in [5.74, 6) is -0.638. The predicted molar refractivity (Wildman–Crippen MR) is 147 cm³/mol. The lowest BCUT2D eigenvalue weighted by Crippen LogP contribution is -2.29. The molecule has 5 rings (SSSR count). The summed E-state index contributed by atoms with van der Waals surface area (Å²) in [6.07, 6.45) is 3.30. The van der Waals surface area contributed by atoms with Crippen molar-refractivity contribution in [2.75, 3.05) is 6.61 Å². The fourth-order valence-corrected chi connectivity index (χ4v) is 4.65. The maximum Gasteiger partial charge on any atom is 0.295 e. The quantitative estimate of drug-likeness (QED) is 0.174. The third-order valence-electron chi connectivity index (χ3n) is 6.48. The van der Waals surface area contributed by atoms with Gasteiger partial charge in [0.2, 0.25) is 0 Å². The van der Waals surface area contributed by atoms with Crippen molar-refractivity contribution in [1.29, 1.82) is 0 Å². The van der Waals surface area contributed by atoms with E-state index in [-0.39, 0.29) is 17.9 Å². The number of amides is 1. The van der Waals surface area contributed by atoms with Gasteiger partial charge < -0.3 is 19.5 Å². The van der Waals surface area contributed by atoms with Crippen LogP contribution in [0.5, 0.6) is 11.5 Å². The van der Waals surface area contributed by atoms with E-state index in [9.17, 15) is 14.7 Å². The summed E-state index contributed by atoms with van der Waals surface area (Å²) in [5, 5.41) is 11.3. The van der Waals surface area contributed by atoms with E-state index in [1.165, 1.54) is 4.90 Å². The average Bonchev–Trinajstić information content (AvgIpc) is 3.22. The van der Waals surface area contributed by atoms with Gasteiger partial charge in [0, 0.05) is 24.5 Å². The van der Waals surface area contributed by atoms with Crippen LogP contribution >= 0.6 is 0 Å². The third kappa shape index (κ3) is 5.52. The number of hydrogen-bond donors (Lipinski definition) is 1. The molecule has 1 saturated heterocycles. The number of carbonyl (C=O) groups is 2. The van der Waals surface area contributed by atoms with Crippen LogP contribution in [0.4, 0.5) is 0 Å². The number of pyridine rings is 1. The number of aromatic nitrogens is 1. The molecule has 4 aromatic rings. The Bertz CT molecular complexity index is 1490. The van der Waals surface area contributed by atoms with E-state index in [0.717, 1.165) is 11.1 Å². The van der Waals surface area contributed by atoms with Crippen LogP contribution in [0.15, 0.2) is 109 Å². The monoisotopic (exact) mass is 520 g/mol. The molecule has 196 valence electrons. The normalized spacial score (nSPS) is 16.3. The van der Waals surface area contributed by atoms with Crippen molar-refractivity contribution < 1.29 is 24.2 Å². The molecular formula is C32H28N2O5. The SMILES string of the molecule is CCOc1cc(C2C(=C(O)c3ccccc3)C(=O)C(=O)N2Cc2cccnc2)ccc1OCc1ccccc1. The van der Waals surface area contributed by atoms with E-state index >= 15 is 0 Å². The lowest BCUT2D eigenvalue weighted by atomic mass is 9.95. The van der Waals surface area contributed by atoms with Gasteiger partial charge in [-0.15, -0.1) is 0 Å². The summed E-state index contributed by atoms with van der Waals surface area (Å²) >= 11 is 0. The minimum Gasteiger partial charge on any atom is -0.507 e. The van der Waals surface area contributed by atoms with Gasteiger partial charge in [0.15, 0.2) is 11.5 Å². The minimum atomic E-state index is -0.840. The fourth-order valence-electron chi connectivity index (χ4n) is 4.65. The lowest BCUT2D eigenvalue weighted by molar-refractivity contribution is -0.140. The molecule has 7 heteroatoms. The molecule has 1 atom stereocenters. The van der Waals surface area contributed by atoms with Crippen molar-refractivity contribution in [3.8, 4) is 11.5 Å². The average molecular weight is 521 g/mol. The van der Waals surface area contributed by atoms with E-state index in [1.54, 1.807) is 60.9 Å². The molecule has 2 heterocycles. The van der Waals surface area contributed by atoms with Gasteiger partial charge in [-0.2, -0.15) is 0 Å². The number of nitrogens with zero attached hydrogens (tertiary/aromatic N) is 2. The summed E-state index contributed by atoms with van der Waals surface area (Å²) in [6.45, 7) is 2.77. The second kappa shape index (κ2) is 11.6. The number of likely N-dealkylation sites (tertiary alicyclic amines) is 1. The highest BCUT2D eigenvalue weighted by molar-refractivity contribution is 6.46. The van der Waals surface area contributed by atoms with Gasteiger partial charge in [-0.1, -0.05) is 72.8 Å². The molecule has 1 unspecified atom stereocenters. The molecule has 0 aliphatic carbocycles. The van der Waals surface area contributed by atoms with Gasteiger partial charge in [-0.25, -0.2) is 0 Å². The number of aliphatic hydroxyl groups excluding tert-OH is 1. The molecule has 0 radical (unpaired) electrons. The number of carbonyl (C=O) groups excluding carboxylic acids is 2. The van der Waals surface area contributed by atoms with E-state index in [1.807, 2.05) is 49.4 Å². The Labute approximate surface area is 227 Å². The zero-order valence-electron chi connectivity index (χ0n) is 21.5. The predicted octanol–water partition coefficient (Wildman–Crippen LogP) is 5.68. The minimum absolute atomic E-state index is 0.0236. The first-order valence-corrected chi connectivity index (χ1v) is 12.7. The summed E-state index contributed by atoms with van der Waals surface area (Å²) in [4.78, 5) is 32.3. The highest BCUT2D eigenvalue weighted by atomic mass is 16.5. The Morgan fingerprint density at radius 2 is 1.59 bits per heavy atom. The van der Waals surface area contributed by atoms with Crippen molar-refractivity contribution in [1.82, 2.24) is 9.88 Å². The molecule has 0 spiro atoms. The van der Waals surface area contributed by atoms with Gasteiger partial charge in [0.1, 0.15) is 12.4 Å². The molecule has 1 aromatic heterocycles. The third-order valence-corrected chi connectivity index (χ3v) is 6.48. The van der Waals surface area contributed by atoms with Gasteiger partial charge in [0.05, 0.1) is 18.2 Å². The van der Waals surface area contributed by atoms with Crippen molar-refractivity contribution in [2.45, 2.75) is 26.1 Å². The second-order valence-electron chi connectivity index (χ2n) is 9.07. The number of Topliss-reactive ketones (excluding diaryl/α,β-unsaturated/α-hetero) is 1. The Morgan fingerprint density at radius 3 is 2.28 bits per heavy atom. The highest BCUT2D eigenvalue weighted by Gasteiger charge is 2.46. The van der Waals surface area contributed by atoms with E-state index in [0.29, 0.717) is 35.8 Å². The van der Waals surface area contributed by atoms with Crippen LogP contribution in [0.1, 0.15) is 35.2 Å². The maximum atomic E-state index is 13.4. The first kappa shape index (κ1) is 25.7. The van der Waals surface area contributed by atoms with Gasteiger partial charge in [-0.3, -0.25) is 14.6 Å². The highest BCUT2D eigenvalue weighted by Crippen LogP contribution is 2.42. The zero-order valence-corrected chi connectivity index (χ0v) is 21.5. The number of aliphatic hydroxyl groups is 1. The summed E-state index contributed by atoms with van der Waals surface area (Å²) in [7, 11) is 0. The van der Waals surface area contributed by atoms with Crippen LogP contribution in [-0.4, -0.2) is 33.3 Å². The lowest BCUT2D eigenvalue weighted by Gasteiger charge is -2.26. The van der Waals surface area contributed by atoms with E-state index in [4.69, 9.17) is 9.47 Å². The van der Waals surface area contributed by atoms with E-state index < -0.39 is 17.7 Å². The van der Waals surface area contributed by atoms with Gasteiger partial charge in [0.25, 0.3) is 11.7 Å². The molecule has 1 amide bonds. The van der Waals surface area contributed by atoms with Crippen molar-refractivity contribution >= 4 is 17.4 Å². The molecule has 1 N–H and O–H groups in total. The molecule has 0 saturated carbocycles. The standard InChI is InChI=1S/C32H28N2O5/c1-2-38-27-18-25(15-16-26(27)39-21-22-10-5-3-6-11-22)29-28(30(35)24-13-7-4-8-14-24)31(36)32(37)34(29)20-23-12-9-17-33-19-23/h3-19,29,35H,2,20-21H2,1H3. The van der Waals surface area contributed by atoms with E-state index in [2.05, 4.69) is 4.98 Å². The van der Waals surface area contributed by atoms with Crippen molar-refractivity contribution in [2.24, 2.45) is 0 Å². The number of hydrogen-bond acceptors (Lipinski definition) is 6. The van der Waals surface area contributed by atoms with Crippen LogP contribution in [-0.2, 0) is 22.7 Å². The Hall–Kier alpha value is -4.91. The Morgan fingerprint density at radius 1 is 0.872 bits per heavy atom. The number of ketones is 1. The van der Waals surface area contributed by atoms with Crippen LogP contribution in [0.2, 0.25) is 0 Å². The molecule has 7 nitrogen and oxygen atoms in total. The molecule has 0 bridgehead atoms. The van der Waals surface area contributed by atoms with Gasteiger partial charge >= 0.3 is 0 Å². The zero-order chi connectivity index (χ0) is 27.2. The summed E-state index contributed by atoms with van der Waals surface area (Å²) in [6, 6.07) is 26.7. The fraction of sp³-hybridized carbons (Fsp3) is 0.156. The Kier molecular flexibility index (Phi) is 7.68. The summed E-state index contributed by atoms with van der Waals surface area (Å²) < 4.78 is 12.0. The summed E-state index contributed by atoms with van der Waals surface area (Å²) in [5.41, 5.74) is 2.87. The smallest absolute Gasteiger partial charge is 0.295 e. The number of rotatable bonds is 9. The molecule has 1 aliphatic heterocycles. The molecule has 1 aliphatic rings. The molecular weight excluding hydrogens is 492 g/mol. The first-order valence-electron chi connectivity index (χ1n) is 12.7. The van der Waals surface area contributed by atoms with Gasteiger partial charge in [-0.05, 0) is 41.8 Å². The molecule has 39 heavy (non-hydrogen) atoms. The van der Waals surface area contributed by atoms with Crippen LogP contribution in [0.3, 0.4) is 0 Å². The molecule has 1 fully saturated rings. The van der Waals surface area contributed by atoms with Crippen LogP contribution in [0.25, 0.3) is 5.76 Å². The first-order chi connectivity index (χ1) is 19.1. The number of benzene rings is 3. The maximum absolute atomic E-state index is 13.4. The number of ether oxygens (including phenoxy) is 2. The molecule has 3 aromatic carbocycles. The van der Waals surface area contributed by atoms with Crippen LogP contribution in [0, 0.1) is 0 Å². The Balaban J connectivity index is 1.58. The van der Waals surface area contributed by atoms with Crippen molar-refractivity contribution in [3.05, 3.63) is 131 Å².